The van der Waals surface area contributed by atoms with Crippen LogP contribution in [0.4, 0.5) is 4.79 Å². The average Bonchev–Trinajstić information content (AvgIpc) is 2.54. The molecule has 6 heteroatoms. The summed E-state index contributed by atoms with van der Waals surface area (Å²) in [5.74, 6) is -0.889. The van der Waals surface area contributed by atoms with Gasteiger partial charge in [0.25, 0.3) is 0 Å². The number of ether oxygens (including phenoxy) is 2. The molecule has 1 unspecified atom stereocenters. The van der Waals surface area contributed by atoms with E-state index >= 15 is 0 Å². The Morgan fingerprint density at radius 3 is 2.22 bits per heavy atom. The van der Waals surface area contributed by atoms with Gasteiger partial charge in [0, 0.05) is 0 Å². The molecule has 1 rings (SSSR count). The van der Waals surface area contributed by atoms with Gasteiger partial charge in [-0.3, -0.25) is 4.79 Å². The normalized spacial score (nSPS) is 12.2. The number of carbonyl (C=O) groups is 3. The van der Waals surface area contributed by atoms with Crippen LogP contribution in [-0.4, -0.2) is 36.1 Å². The van der Waals surface area contributed by atoms with Crippen LogP contribution in [0.15, 0.2) is 18.2 Å². The molecular formula is C21H31NO5. The third kappa shape index (κ3) is 7.81. The Bertz CT molecular complexity index is 655. The molecule has 0 radical (unpaired) electrons. The van der Waals surface area contributed by atoms with Crippen LogP contribution in [-0.2, 0) is 14.3 Å². The number of Topliss-reactive ketones (excluding diaryl/α,β-unsaturated/α-hetero) is 1. The van der Waals surface area contributed by atoms with Crippen LogP contribution >= 0.6 is 0 Å². The SMILES string of the molecule is CCCCC(NC(=O)OC(C)(C)C)C(=O)COC(=O)c1c(C)cccc1C. The van der Waals surface area contributed by atoms with Crippen LogP contribution in [0.1, 0.15) is 68.4 Å². The van der Waals surface area contributed by atoms with Crippen LogP contribution in [0.5, 0.6) is 0 Å². The number of rotatable bonds is 8. The highest BCUT2D eigenvalue weighted by Crippen LogP contribution is 2.15. The van der Waals surface area contributed by atoms with Gasteiger partial charge in [-0.1, -0.05) is 38.0 Å². The highest BCUT2D eigenvalue weighted by atomic mass is 16.6. The molecule has 27 heavy (non-hydrogen) atoms. The lowest BCUT2D eigenvalue weighted by molar-refractivity contribution is -0.124. The lowest BCUT2D eigenvalue weighted by atomic mass is 10.0. The van der Waals surface area contributed by atoms with Gasteiger partial charge in [-0.15, -0.1) is 0 Å². The van der Waals surface area contributed by atoms with Crippen molar-refractivity contribution >= 4 is 17.8 Å². The van der Waals surface area contributed by atoms with E-state index < -0.39 is 30.3 Å². The molecule has 1 N–H and O–H groups in total. The Kier molecular flexibility index (Phi) is 8.47. The minimum Gasteiger partial charge on any atom is -0.454 e. The van der Waals surface area contributed by atoms with Gasteiger partial charge < -0.3 is 14.8 Å². The molecule has 0 aliphatic rings. The van der Waals surface area contributed by atoms with Crippen LogP contribution in [0, 0.1) is 13.8 Å². The van der Waals surface area contributed by atoms with Crippen molar-refractivity contribution in [2.24, 2.45) is 0 Å². The van der Waals surface area contributed by atoms with Crippen LogP contribution in [0.3, 0.4) is 0 Å². The first-order chi connectivity index (χ1) is 12.5. The maximum Gasteiger partial charge on any atom is 0.408 e. The molecule has 1 amide bonds. The second-order valence-electron chi connectivity index (χ2n) is 7.65. The first kappa shape index (κ1) is 22.7. The fourth-order valence-corrected chi connectivity index (χ4v) is 2.62. The van der Waals surface area contributed by atoms with E-state index in [-0.39, 0.29) is 5.78 Å². The molecule has 0 aliphatic carbocycles. The second kappa shape index (κ2) is 10.1. The molecule has 1 aromatic rings. The Morgan fingerprint density at radius 1 is 1.11 bits per heavy atom. The van der Waals surface area contributed by atoms with E-state index in [0.29, 0.717) is 12.0 Å². The maximum atomic E-state index is 12.5. The van der Waals surface area contributed by atoms with E-state index in [1.165, 1.54) is 0 Å². The summed E-state index contributed by atoms with van der Waals surface area (Å²) in [5, 5.41) is 2.59. The van der Waals surface area contributed by atoms with Gasteiger partial charge in [-0.05, 0) is 52.2 Å². The molecule has 0 aromatic heterocycles. The second-order valence-corrected chi connectivity index (χ2v) is 7.65. The molecule has 0 saturated carbocycles. The molecule has 6 nitrogen and oxygen atoms in total. The Morgan fingerprint density at radius 2 is 1.70 bits per heavy atom. The fraction of sp³-hybridized carbons (Fsp3) is 0.571. The number of amides is 1. The van der Waals surface area contributed by atoms with E-state index in [9.17, 15) is 14.4 Å². The van der Waals surface area contributed by atoms with Crippen LogP contribution in [0.2, 0.25) is 0 Å². The summed E-state index contributed by atoms with van der Waals surface area (Å²) < 4.78 is 10.4. The largest absolute Gasteiger partial charge is 0.454 e. The van der Waals surface area contributed by atoms with E-state index in [0.717, 1.165) is 24.0 Å². The first-order valence-electron chi connectivity index (χ1n) is 9.30. The lowest BCUT2D eigenvalue weighted by Crippen LogP contribution is -2.45. The molecule has 0 spiro atoms. The van der Waals surface area contributed by atoms with Gasteiger partial charge in [-0.25, -0.2) is 9.59 Å². The van der Waals surface area contributed by atoms with E-state index in [1.807, 2.05) is 39.0 Å². The summed E-state index contributed by atoms with van der Waals surface area (Å²) in [6.45, 7) is 10.5. The summed E-state index contributed by atoms with van der Waals surface area (Å²) in [5.41, 5.74) is 1.40. The number of carbonyl (C=O) groups excluding carboxylic acids is 3. The third-order valence-corrected chi connectivity index (χ3v) is 3.96. The minimum absolute atomic E-state index is 0.353. The van der Waals surface area contributed by atoms with Crippen molar-refractivity contribution in [3.05, 3.63) is 34.9 Å². The Hall–Kier alpha value is -2.37. The Labute approximate surface area is 161 Å². The van der Waals surface area contributed by atoms with Gasteiger partial charge in [0.1, 0.15) is 5.60 Å². The summed E-state index contributed by atoms with van der Waals surface area (Å²) in [4.78, 5) is 36.9. The predicted molar refractivity (Wildman–Crippen MR) is 104 cm³/mol. The van der Waals surface area contributed by atoms with E-state index in [4.69, 9.17) is 9.47 Å². The maximum absolute atomic E-state index is 12.5. The van der Waals surface area contributed by atoms with Crippen LogP contribution < -0.4 is 5.32 Å². The molecule has 1 aromatic carbocycles. The standard InChI is InChI=1S/C21H31NO5/c1-7-8-12-16(22-20(25)27-21(4,5)6)17(23)13-26-19(24)18-14(2)10-9-11-15(18)3/h9-11,16H,7-8,12-13H2,1-6H3,(H,22,25). The fourth-order valence-electron chi connectivity index (χ4n) is 2.62. The summed E-state index contributed by atoms with van der Waals surface area (Å²) >= 11 is 0. The zero-order chi connectivity index (χ0) is 20.6. The zero-order valence-electron chi connectivity index (χ0n) is 17.2. The molecule has 0 aliphatic heterocycles. The van der Waals surface area contributed by atoms with Gasteiger partial charge >= 0.3 is 12.1 Å². The quantitative estimate of drug-likeness (QED) is 0.689. The molecular weight excluding hydrogens is 346 g/mol. The van der Waals surface area contributed by atoms with Crippen LogP contribution in [0.25, 0.3) is 0 Å². The monoisotopic (exact) mass is 377 g/mol. The number of esters is 1. The number of hydrogen-bond donors (Lipinski definition) is 1. The van der Waals surface area contributed by atoms with Crippen molar-refractivity contribution in [2.45, 2.75) is 72.4 Å². The summed E-state index contributed by atoms with van der Waals surface area (Å²) in [7, 11) is 0. The van der Waals surface area contributed by atoms with Crippen molar-refractivity contribution in [1.82, 2.24) is 5.32 Å². The lowest BCUT2D eigenvalue weighted by Gasteiger charge is -2.23. The van der Waals surface area contributed by atoms with Crippen molar-refractivity contribution in [1.29, 1.82) is 0 Å². The van der Waals surface area contributed by atoms with Crippen molar-refractivity contribution in [2.75, 3.05) is 6.61 Å². The minimum atomic E-state index is -0.745. The van der Waals surface area contributed by atoms with Crippen molar-refractivity contribution in [3.63, 3.8) is 0 Å². The van der Waals surface area contributed by atoms with Gasteiger partial charge in [0.05, 0.1) is 11.6 Å². The number of aryl methyl sites for hydroxylation is 2. The number of alkyl carbamates (subject to hydrolysis) is 1. The smallest absolute Gasteiger partial charge is 0.408 e. The topological polar surface area (TPSA) is 81.7 Å². The highest BCUT2D eigenvalue weighted by Gasteiger charge is 2.25. The summed E-state index contributed by atoms with van der Waals surface area (Å²) in [6.07, 6.45) is 1.45. The number of ketones is 1. The number of hydrogen-bond acceptors (Lipinski definition) is 5. The third-order valence-electron chi connectivity index (χ3n) is 3.96. The number of benzene rings is 1. The average molecular weight is 377 g/mol. The molecule has 0 bridgehead atoms. The van der Waals surface area contributed by atoms with E-state index in [1.54, 1.807) is 20.8 Å². The molecule has 150 valence electrons. The molecule has 0 heterocycles. The molecule has 0 saturated heterocycles. The predicted octanol–water partition coefficient (Wildman–Crippen LogP) is 4.11. The Balaban J connectivity index is 2.73. The number of nitrogens with one attached hydrogen (secondary N) is 1. The van der Waals surface area contributed by atoms with E-state index in [2.05, 4.69) is 5.32 Å². The van der Waals surface area contributed by atoms with Crippen molar-refractivity contribution in [3.8, 4) is 0 Å². The number of unbranched alkanes of at least 4 members (excludes halogenated alkanes) is 1. The van der Waals surface area contributed by atoms with Gasteiger partial charge in [0.15, 0.2) is 12.4 Å². The zero-order valence-corrected chi connectivity index (χ0v) is 17.2. The van der Waals surface area contributed by atoms with Crippen molar-refractivity contribution < 1.29 is 23.9 Å². The molecule has 1 atom stereocenters. The first-order valence-corrected chi connectivity index (χ1v) is 9.30. The molecule has 0 fully saturated rings. The summed E-state index contributed by atoms with van der Waals surface area (Å²) in [6, 6.07) is 4.75. The van der Waals surface area contributed by atoms with Gasteiger partial charge in [-0.2, -0.15) is 0 Å². The highest BCUT2D eigenvalue weighted by molar-refractivity contribution is 5.95. The van der Waals surface area contributed by atoms with Gasteiger partial charge in [0.2, 0.25) is 0 Å².